The largest absolute Gasteiger partial charge is 0.480 e. The van der Waals surface area contributed by atoms with Gasteiger partial charge in [-0.2, -0.15) is 0 Å². The average molecular weight is 665 g/mol. The van der Waals surface area contributed by atoms with E-state index in [4.69, 9.17) is 10.8 Å². The number of H-pyrrole nitrogens is 1. The Hall–Kier alpha value is -4.01. The van der Waals surface area contributed by atoms with Crippen LogP contribution in [0.15, 0.2) is 12.5 Å². The minimum absolute atomic E-state index is 0.0165. The van der Waals surface area contributed by atoms with Crippen LogP contribution in [0.1, 0.15) is 86.8 Å². The van der Waals surface area contributed by atoms with E-state index >= 15 is 0 Å². The van der Waals surface area contributed by atoms with E-state index in [-0.39, 0.29) is 42.9 Å². The summed E-state index contributed by atoms with van der Waals surface area (Å²) in [4.78, 5) is 84.3. The maximum Gasteiger partial charge on any atom is 0.322 e. The second kappa shape index (κ2) is 20.3. The van der Waals surface area contributed by atoms with E-state index in [0.29, 0.717) is 18.5 Å². The fourth-order valence-electron chi connectivity index (χ4n) is 4.93. The smallest absolute Gasteiger partial charge is 0.322 e. The van der Waals surface area contributed by atoms with Crippen LogP contribution in [0.5, 0.6) is 0 Å². The van der Waals surface area contributed by atoms with E-state index in [1.165, 1.54) is 6.33 Å². The Labute approximate surface area is 277 Å². The SMILES string of the molecule is CC(C)C[C@H](NC(=O)[C@H](CC(C)C)NC(=O)[C@H](CC(C)C)NC(=O)[C@@H](N)CC(C)C)C(=O)N[C@@H](Cc1c[nH]cn1)C(=O)NCC(=O)O. The van der Waals surface area contributed by atoms with Gasteiger partial charge in [0.25, 0.3) is 0 Å². The van der Waals surface area contributed by atoms with Crippen LogP contribution in [0.2, 0.25) is 0 Å². The van der Waals surface area contributed by atoms with E-state index in [0.717, 1.165) is 0 Å². The van der Waals surface area contributed by atoms with Crippen molar-refractivity contribution in [3.63, 3.8) is 0 Å². The number of carboxylic acid groups (broad SMARTS) is 1. The number of hydrogen-bond acceptors (Lipinski definition) is 8. The van der Waals surface area contributed by atoms with Gasteiger partial charge in [0.1, 0.15) is 30.7 Å². The molecule has 9 N–H and O–H groups in total. The molecule has 15 heteroatoms. The number of carbonyl (C=O) groups is 6. The van der Waals surface area contributed by atoms with Crippen molar-refractivity contribution in [3.8, 4) is 0 Å². The molecular formula is C32H56N8O7. The van der Waals surface area contributed by atoms with Gasteiger partial charge < -0.3 is 42.4 Å². The van der Waals surface area contributed by atoms with Crippen molar-refractivity contribution in [2.75, 3.05) is 6.54 Å². The Morgan fingerprint density at radius 1 is 0.660 bits per heavy atom. The molecule has 0 aliphatic carbocycles. The highest BCUT2D eigenvalue weighted by atomic mass is 16.4. The summed E-state index contributed by atoms with van der Waals surface area (Å²) in [6.07, 6.45) is 4.16. The molecule has 0 aromatic carbocycles. The van der Waals surface area contributed by atoms with E-state index in [1.54, 1.807) is 6.20 Å². The molecule has 0 spiro atoms. The molecule has 1 aromatic rings. The van der Waals surface area contributed by atoms with Crippen LogP contribution in [-0.2, 0) is 35.2 Å². The fraction of sp³-hybridized carbons (Fsp3) is 0.719. The Morgan fingerprint density at radius 3 is 1.43 bits per heavy atom. The lowest BCUT2D eigenvalue weighted by Crippen LogP contribution is -2.59. The van der Waals surface area contributed by atoms with Gasteiger partial charge in [-0.3, -0.25) is 28.8 Å². The van der Waals surface area contributed by atoms with Crippen LogP contribution < -0.4 is 32.3 Å². The number of carboxylic acids is 1. The van der Waals surface area contributed by atoms with E-state index in [2.05, 4.69) is 36.6 Å². The first kappa shape index (κ1) is 41.0. The first-order chi connectivity index (χ1) is 21.9. The number of nitrogens with one attached hydrogen (secondary N) is 6. The van der Waals surface area contributed by atoms with Crippen LogP contribution in [-0.4, -0.2) is 87.3 Å². The maximum atomic E-state index is 13.7. The van der Waals surface area contributed by atoms with Gasteiger partial charge in [0.2, 0.25) is 29.5 Å². The Bertz CT molecular complexity index is 1170. The predicted molar refractivity (Wildman–Crippen MR) is 176 cm³/mol. The van der Waals surface area contributed by atoms with Gasteiger partial charge >= 0.3 is 5.97 Å². The Morgan fingerprint density at radius 2 is 1.06 bits per heavy atom. The molecule has 0 radical (unpaired) electrons. The second-order valence-corrected chi connectivity index (χ2v) is 13.7. The number of amides is 5. The minimum atomic E-state index is -1.25. The van der Waals surface area contributed by atoms with Crippen molar-refractivity contribution < 1.29 is 33.9 Å². The normalized spacial score (nSPS) is 14.7. The molecule has 15 nitrogen and oxygen atoms in total. The molecule has 0 saturated carbocycles. The first-order valence-electron chi connectivity index (χ1n) is 16.3. The lowest BCUT2D eigenvalue weighted by Gasteiger charge is -2.28. The van der Waals surface area contributed by atoms with Crippen molar-refractivity contribution in [3.05, 3.63) is 18.2 Å². The molecule has 0 saturated heterocycles. The summed E-state index contributed by atoms with van der Waals surface area (Å²) in [7, 11) is 0. The van der Waals surface area contributed by atoms with Crippen LogP contribution in [0.4, 0.5) is 0 Å². The molecule has 1 aromatic heterocycles. The van der Waals surface area contributed by atoms with Crippen LogP contribution in [0.25, 0.3) is 0 Å². The van der Waals surface area contributed by atoms with E-state index in [9.17, 15) is 28.8 Å². The van der Waals surface area contributed by atoms with Crippen LogP contribution in [0.3, 0.4) is 0 Å². The van der Waals surface area contributed by atoms with Crippen molar-refractivity contribution in [1.29, 1.82) is 0 Å². The molecule has 0 fully saturated rings. The minimum Gasteiger partial charge on any atom is -0.480 e. The molecule has 47 heavy (non-hydrogen) atoms. The average Bonchev–Trinajstić information content (AvgIpc) is 3.46. The van der Waals surface area contributed by atoms with Gasteiger partial charge in [0, 0.05) is 12.6 Å². The van der Waals surface area contributed by atoms with Gasteiger partial charge in [-0.15, -0.1) is 0 Å². The molecule has 5 amide bonds. The molecule has 1 rings (SSSR count). The number of nitrogens with two attached hydrogens (primary N) is 1. The third kappa shape index (κ3) is 16.4. The quantitative estimate of drug-likeness (QED) is 0.0917. The topological polar surface area (TPSA) is 238 Å². The molecule has 0 aliphatic heterocycles. The number of nitrogens with zero attached hydrogens (tertiary/aromatic N) is 1. The molecule has 0 aliphatic rings. The number of hydrogen-bond donors (Lipinski definition) is 8. The summed E-state index contributed by atoms with van der Waals surface area (Å²) in [6.45, 7) is 14.6. The Kier molecular flexibility index (Phi) is 17.7. The van der Waals surface area contributed by atoms with Gasteiger partial charge in [-0.1, -0.05) is 55.4 Å². The summed E-state index contributed by atoms with van der Waals surface area (Å²) in [5, 5.41) is 22.2. The fourth-order valence-corrected chi connectivity index (χ4v) is 4.93. The third-order valence-corrected chi connectivity index (χ3v) is 7.10. The van der Waals surface area contributed by atoms with Crippen molar-refractivity contribution in [2.24, 2.45) is 29.4 Å². The highest BCUT2D eigenvalue weighted by Crippen LogP contribution is 2.12. The monoisotopic (exact) mass is 664 g/mol. The van der Waals surface area contributed by atoms with Crippen LogP contribution in [0, 0.1) is 23.7 Å². The zero-order valence-electron chi connectivity index (χ0n) is 29.0. The molecular weight excluding hydrogens is 608 g/mol. The standard InChI is InChI=1S/C32H56N8O7/c1-17(2)9-22(33)28(43)37-23(10-18(3)4)30(45)38-24(11-19(5)6)31(46)39-25(12-20(7)8)32(47)40-26(13-21-14-34-16-36-21)29(44)35-15-27(41)42/h14,16-20,22-26H,9-13,15,33H2,1-8H3,(H,34,36)(H,35,44)(H,37,43)(H,38,45)(H,39,46)(H,40,47)(H,41,42)/t22-,23-,24-,25-,26-/m0/s1. The number of carbonyl (C=O) groups excluding carboxylic acids is 5. The van der Waals surface area contributed by atoms with Gasteiger partial charge in [0.15, 0.2) is 0 Å². The third-order valence-electron chi connectivity index (χ3n) is 7.10. The van der Waals surface area contributed by atoms with Crippen molar-refractivity contribution in [2.45, 2.75) is 118 Å². The second-order valence-electron chi connectivity index (χ2n) is 13.7. The van der Waals surface area contributed by atoms with E-state index in [1.807, 2.05) is 55.4 Å². The Balaban J connectivity index is 3.19. The lowest BCUT2D eigenvalue weighted by molar-refractivity contribution is -0.138. The summed E-state index contributed by atoms with van der Waals surface area (Å²) in [5.41, 5.74) is 6.51. The number of aliphatic carboxylic acids is 1. The zero-order chi connectivity index (χ0) is 35.8. The summed E-state index contributed by atoms with van der Waals surface area (Å²) in [5.74, 6) is -4.05. The molecule has 5 atom stereocenters. The van der Waals surface area contributed by atoms with E-state index < -0.39 is 72.3 Å². The predicted octanol–water partition coefficient (Wildman–Crippen LogP) is 0.604. The first-order valence-corrected chi connectivity index (χ1v) is 16.3. The van der Waals surface area contributed by atoms with Crippen LogP contribution >= 0.6 is 0 Å². The number of aromatic amines is 1. The highest BCUT2D eigenvalue weighted by Gasteiger charge is 2.33. The summed E-state index contributed by atoms with van der Waals surface area (Å²) < 4.78 is 0. The van der Waals surface area contributed by atoms with Crippen molar-refractivity contribution in [1.82, 2.24) is 36.6 Å². The maximum absolute atomic E-state index is 13.7. The van der Waals surface area contributed by atoms with Gasteiger partial charge in [-0.05, 0) is 49.4 Å². The van der Waals surface area contributed by atoms with Crippen molar-refractivity contribution >= 4 is 35.5 Å². The van der Waals surface area contributed by atoms with Gasteiger partial charge in [-0.25, -0.2) is 4.98 Å². The van der Waals surface area contributed by atoms with Gasteiger partial charge in [0.05, 0.1) is 18.1 Å². The molecule has 1 heterocycles. The lowest BCUT2D eigenvalue weighted by atomic mass is 9.98. The number of rotatable bonds is 21. The summed E-state index contributed by atoms with van der Waals surface area (Å²) in [6, 6.07) is -5.00. The number of aromatic nitrogens is 2. The molecule has 266 valence electrons. The number of imidazole rings is 1. The zero-order valence-corrected chi connectivity index (χ0v) is 29.0. The highest BCUT2D eigenvalue weighted by molar-refractivity contribution is 5.96. The molecule has 0 bridgehead atoms. The molecule has 0 unspecified atom stereocenters. The summed E-state index contributed by atoms with van der Waals surface area (Å²) >= 11 is 0.